The molecule has 7 N–H and O–H groups in total. The van der Waals surface area contributed by atoms with Crippen molar-refractivity contribution in [3.8, 4) is 5.75 Å². The molecule has 4 amide bonds. The van der Waals surface area contributed by atoms with E-state index in [4.69, 9.17) is 10.8 Å². The first-order valence-corrected chi connectivity index (χ1v) is 15.1. The number of hydrogen-bond acceptors (Lipinski definition) is 7. The normalized spacial score (nSPS) is 16.1. The van der Waals surface area contributed by atoms with Crippen molar-refractivity contribution in [3.63, 3.8) is 0 Å². The Balaban J connectivity index is 1.49. The molecule has 1 aliphatic heterocycles. The zero-order valence-corrected chi connectivity index (χ0v) is 25.3. The number of nitrogens with zero attached hydrogens (tertiary/aromatic N) is 1. The zero-order valence-electron chi connectivity index (χ0n) is 25.3. The van der Waals surface area contributed by atoms with Crippen molar-refractivity contribution in [3.05, 3.63) is 102 Å². The van der Waals surface area contributed by atoms with E-state index in [9.17, 15) is 29.1 Å². The molecule has 0 saturated carbocycles. The first kappa shape index (κ1) is 33.7. The van der Waals surface area contributed by atoms with E-state index < -0.39 is 60.3 Å². The fraction of sp³-hybridized carbons (Fsp3) is 0.324. The maximum Gasteiger partial charge on any atom is 0.322 e. The monoisotopic (exact) mass is 629 g/mol. The molecule has 1 fully saturated rings. The number of phenolic OH excluding ortho intramolecular Hbond substituents is 1. The quantitative estimate of drug-likeness (QED) is 0.152. The van der Waals surface area contributed by atoms with Crippen LogP contribution in [0.3, 0.4) is 0 Å². The first-order chi connectivity index (χ1) is 22.1. The van der Waals surface area contributed by atoms with Gasteiger partial charge in [0.1, 0.15) is 30.4 Å². The molecule has 1 heterocycles. The van der Waals surface area contributed by atoms with Crippen LogP contribution in [-0.2, 0) is 43.2 Å². The molecule has 1 aliphatic rings. The lowest BCUT2D eigenvalue weighted by atomic mass is 10.0. The van der Waals surface area contributed by atoms with Gasteiger partial charge < -0.3 is 36.8 Å². The SMILES string of the molecule is N[C@@H](Cc1ccc(O)cc1)C(=O)N1CCC[C@H]1C(=O)N[C@@H](Cc1ccccc1)C(=O)N[C@@H](Cc1ccccc1)C(=O)NCC(=O)O. The highest BCUT2D eigenvalue weighted by atomic mass is 16.4. The second-order valence-corrected chi connectivity index (χ2v) is 11.3. The van der Waals surface area contributed by atoms with E-state index in [0.717, 1.165) is 16.7 Å². The molecule has 3 aromatic carbocycles. The number of nitrogens with one attached hydrogen (secondary N) is 3. The Morgan fingerprint density at radius 3 is 1.87 bits per heavy atom. The molecular weight excluding hydrogens is 590 g/mol. The zero-order chi connectivity index (χ0) is 33.1. The number of benzene rings is 3. The number of amides is 4. The molecule has 4 rings (SSSR count). The number of aromatic hydroxyl groups is 1. The van der Waals surface area contributed by atoms with Gasteiger partial charge in [0.05, 0.1) is 6.04 Å². The second kappa shape index (κ2) is 16.2. The Morgan fingerprint density at radius 1 is 0.761 bits per heavy atom. The predicted molar refractivity (Wildman–Crippen MR) is 169 cm³/mol. The highest BCUT2D eigenvalue weighted by Gasteiger charge is 2.38. The fourth-order valence-electron chi connectivity index (χ4n) is 5.43. The molecule has 0 radical (unpaired) electrons. The Labute approximate surface area is 267 Å². The molecule has 0 aromatic heterocycles. The number of carboxylic acid groups (broad SMARTS) is 1. The van der Waals surface area contributed by atoms with Crippen LogP contribution >= 0.6 is 0 Å². The molecular formula is C34H39N5O7. The van der Waals surface area contributed by atoms with Crippen molar-refractivity contribution >= 4 is 29.6 Å². The lowest BCUT2D eigenvalue weighted by molar-refractivity contribution is -0.140. The molecule has 0 unspecified atom stereocenters. The Morgan fingerprint density at radius 2 is 1.30 bits per heavy atom. The third-order valence-electron chi connectivity index (χ3n) is 7.79. The number of nitrogens with two attached hydrogens (primary N) is 1. The van der Waals surface area contributed by atoms with Crippen LogP contribution in [0.15, 0.2) is 84.9 Å². The lowest BCUT2D eigenvalue weighted by Crippen LogP contribution is -2.58. The van der Waals surface area contributed by atoms with E-state index in [0.29, 0.717) is 19.4 Å². The maximum atomic E-state index is 13.8. The van der Waals surface area contributed by atoms with E-state index >= 15 is 0 Å². The molecule has 3 aromatic rings. The number of carboxylic acids is 1. The average Bonchev–Trinajstić information content (AvgIpc) is 3.55. The van der Waals surface area contributed by atoms with Gasteiger partial charge in [-0.05, 0) is 48.1 Å². The van der Waals surface area contributed by atoms with Gasteiger partial charge in [0.2, 0.25) is 23.6 Å². The van der Waals surface area contributed by atoms with Gasteiger partial charge in [-0.15, -0.1) is 0 Å². The van der Waals surface area contributed by atoms with Gasteiger partial charge in [0.15, 0.2) is 0 Å². The summed E-state index contributed by atoms with van der Waals surface area (Å²) in [7, 11) is 0. The van der Waals surface area contributed by atoms with E-state index in [1.807, 2.05) is 12.1 Å². The fourth-order valence-corrected chi connectivity index (χ4v) is 5.43. The maximum absolute atomic E-state index is 13.8. The molecule has 0 bridgehead atoms. The molecule has 0 aliphatic carbocycles. The number of phenols is 1. The number of likely N-dealkylation sites (tertiary alicyclic amines) is 1. The van der Waals surface area contributed by atoms with Gasteiger partial charge in [0.25, 0.3) is 0 Å². The Kier molecular flexibility index (Phi) is 11.8. The van der Waals surface area contributed by atoms with Crippen LogP contribution in [0.1, 0.15) is 29.5 Å². The molecule has 12 heteroatoms. The minimum absolute atomic E-state index is 0.0911. The van der Waals surface area contributed by atoms with Crippen LogP contribution in [0.5, 0.6) is 5.75 Å². The van der Waals surface area contributed by atoms with Crippen molar-refractivity contribution in [1.29, 1.82) is 0 Å². The number of carbonyl (C=O) groups is 5. The summed E-state index contributed by atoms with van der Waals surface area (Å²) in [6, 6.07) is 20.4. The average molecular weight is 630 g/mol. The summed E-state index contributed by atoms with van der Waals surface area (Å²) in [5.41, 5.74) is 8.51. The summed E-state index contributed by atoms with van der Waals surface area (Å²) in [5.74, 6) is -3.36. The number of carbonyl (C=O) groups excluding carboxylic acids is 4. The number of hydrogen-bond donors (Lipinski definition) is 6. The summed E-state index contributed by atoms with van der Waals surface area (Å²) in [6.45, 7) is -0.288. The topological polar surface area (TPSA) is 191 Å². The summed E-state index contributed by atoms with van der Waals surface area (Å²) in [4.78, 5) is 66.3. The highest BCUT2D eigenvalue weighted by molar-refractivity contribution is 5.95. The molecule has 0 spiro atoms. The van der Waals surface area contributed by atoms with E-state index in [1.54, 1.807) is 60.7 Å². The van der Waals surface area contributed by atoms with Crippen LogP contribution in [-0.4, -0.2) is 82.0 Å². The first-order valence-electron chi connectivity index (χ1n) is 15.1. The van der Waals surface area contributed by atoms with Gasteiger partial charge in [-0.3, -0.25) is 24.0 Å². The standard InChI is InChI=1S/C34H39N5O7/c35-26(18-24-13-15-25(40)16-14-24)34(46)39-17-7-12-29(39)33(45)38-28(20-23-10-5-2-6-11-23)32(44)37-27(31(43)36-21-30(41)42)19-22-8-3-1-4-9-22/h1-6,8-11,13-16,26-29,40H,7,12,17-21,35H2,(H,36,43)(H,37,44)(H,38,45)(H,41,42)/t26-,27-,28-,29-/m0/s1. The molecule has 4 atom stereocenters. The van der Waals surface area contributed by atoms with Gasteiger partial charge >= 0.3 is 5.97 Å². The van der Waals surface area contributed by atoms with E-state index in [1.165, 1.54) is 17.0 Å². The molecule has 12 nitrogen and oxygen atoms in total. The molecule has 242 valence electrons. The van der Waals surface area contributed by atoms with Crippen molar-refractivity contribution < 1.29 is 34.2 Å². The van der Waals surface area contributed by atoms with Crippen LogP contribution < -0.4 is 21.7 Å². The third-order valence-corrected chi connectivity index (χ3v) is 7.79. The summed E-state index contributed by atoms with van der Waals surface area (Å²) < 4.78 is 0. The van der Waals surface area contributed by atoms with Gasteiger partial charge in [-0.1, -0.05) is 72.8 Å². The lowest BCUT2D eigenvalue weighted by Gasteiger charge is -2.29. The summed E-state index contributed by atoms with van der Waals surface area (Å²) in [5, 5.41) is 26.4. The second-order valence-electron chi connectivity index (χ2n) is 11.3. The van der Waals surface area contributed by atoms with Crippen LogP contribution in [0.4, 0.5) is 0 Å². The Bertz CT molecular complexity index is 1500. The minimum Gasteiger partial charge on any atom is -0.508 e. The summed E-state index contributed by atoms with van der Waals surface area (Å²) in [6.07, 6.45) is 1.38. The highest BCUT2D eigenvalue weighted by Crippen LogP contribution is 2.20. The summed E-state index contributed by atoms with van der Waals surface area (Å²) >= 11 is 0. The largest absolute Gasteiger partial charge is 0.508 e. The van der Waals surface area contributed by atoms with Crippen LogP contribution in [0.25, 0.3) is 0 Å². The molecule has 1 saturated heterocycles. The minimum atomic E-state index is -1.23. The van der Waals surface area contributed by atoms with Gasteiger partial charge in [-0.2, -0.15) is 0 Å². The van der Waals surface area contributed by atoms with Gasteiger partial charge in [-0.25, -0.2) is 0 Å². The van der Waals surface area contributed by atoms with Crippen molar-refractivity contribution in [1.82, 2.24) is 20.9 Å². The van der Waals surface area contributed by atoms with Crippen LogP contribution in [0.2, 0.25) is 0 Å². The van der Waals surface area contributed by atoms with Crippen molar-refractivity contribution in [2.24, 2.45) is 5.73 Å². The number of rotatable bonds is 14. The third kappa shape index (κ3) is 9.63. The predicted octanol–water partition coefficient (Wildman–Crippen LogP) is 0.909. The van der Waals surface area contributed by atoms with Crippen LogP contribution in [0, 0.1) is 0 Å². The number of aliphatic carboxylic acids is 1. The van der Waals surface area contributed by atoms with E-state index in [2.05, 4.69) is 16.0 Å². The smallest absolute Gasteiger partial charge is 0.322 e. The Hall–Kier alpha value is -5.23. The van der Waals surface area contributed by atoms with Gasteiger partial charge in [0, 0.05) is 19.4 Å². The van der Waals surface area contributed by atoms with Crippen molar-refractivity contribution in [2.45, 2.75) is 56.3 Å². The van der Waals surface area contributed by atoms with Crippen molar-refractivity contribution in [2.75, 3.05) is 13.1 Å². The molecule has 46 heavy (non-hydrogen) atoms. The van der Waals surface area contributed by atoms with E-state index in [-0.39, 0.29) is 25.0 Å².